The molecule has 0 atom stereocenters. The normalized spacial score (nSPS) is 9.86. The third-order valence-electron chi connectivity index (χ3n) is 2.98. The lowest BCUT2D eigenvalue weighted by molar-refractivity contribution is -0.123. The maximum atomic E-state index is 11.7. The molecule has 22 heavy (non-hydrogen) atoms. The van der Waals surface area contributed by atoms with E-state index in [0.717, 1.165) is 5.56 Å². The van der Waals surface area contributed by atoms with E-state index in [1.54, 1.807) is 24.3 Å². The van der Waals surface area contributed by atoms with Crippen LogP contribution in [0.2, 0.25) is 0 Å². The standard InChI is InChI=1S/C17H17NO4/c1-21-17(20)14-7-9-15(10-8-14)22-12-16(19)18-11-13-5-3-2-4-6-13/h2-10H,11-12H2,1H3,(H,18,19). The molecule has 0 aliphatic heterocycles. The Labute approximate surface area is 128 Å². The van der Waals surface area contributed by atoms with Gasteiger partial charge >= 0.3 is 5.97 Å². The highest BCUT2D eigenvalue weighted by atomic mass is 16.5. The Bertz CT molecular complexity index is 623. The maximum Gasteiger partial charge on any atom is 0.337 e. The van der Waals surface area contributed by atoms with E-state index in [9.17, 15) is 9.59 Å². The number of esters is 1. The summed E-state index contributed by atoms with van der Waals surface area (Å²) in [6, 6.07) is 16.0. The van der Waals surface area contributed by atoms with Gasteiger partial charge in [-0.3, -0.25) is 4.79 Å². The van der Waals surface area contributed by atoms with Crippen molar-refractivity contribution in [3.8, 4) is 5.75 Å². The van der Waals surface area contributed by atoms with Crippen LogP contribution in [-0.4, -0.2) is 25.6 Å². The van der Waals surface area contributed by atoms with Crippen LogP contribution in [0.3, 0.4) is 0 Å². The minimum absolute atomic E-state index is 0.0790. The minimum atomic E-state index is -0.410. The Balaban J connectivity index is 1.77. The quantitative estimate of drug-likeness (QED) is 0.830. The average molecular weight is 299 g/mol. The van der Waals surface area contributed by atoms with Gasteiger partial charge in [0.05, 0.1) is 12.7 Å². The van der Waals surface area contributed by atoms with Crippen molar-refractivity contribution in [2.24, 2.45) is 0 Å². The molecule has 5 heteroatoms. The van der Waals surface area contributed by atoms with Crippen LogP contribution in [0.4, 0.5) is 0 Å². The third kappa shape index (κ3) is 4.63. The molecule has 0 saturated heterocycles. The van der Waals surface area contributed by atoms with Crippen LogP contribution in [0.1, 0.15) is 15.9 Å². The Hall–Kier alpha value is -2.82. The van der Waals surface area contributed by atoms with E-state index in [1.165, 1.54) is 7.11 Å². The van der Waals surface area contributed by atoms with Crippen molar-refractivity contribution < 1.29 is 19.1 Å². The van der Waals surface area contributed by atoms with E-state index in [0.29, 0.717) is 17.9 Å². The van der Waals surface area contributed by atoms with Gasteiger partial charge in [-0.05, 0) is 29.8 Å². The first kappa shape index (κ1) is 15.6. The zero-order valence-corrected chi connectivity index (χ0v) is 12.2. The van der Waals surface area contributed by atoms with Crippen molar-refractivity contribution in [3.05, 3.63) is 65.7 Å². The van der Waals surface area contributed by atoms with Crippen LogP contribution < -0.4 is 10.1 Å². The molecule has 0 aliphatic rings. The fraction of sp³-hybridized carbons (Fsp3) is 0.176. The van der Waals surface area contributed by atoms with Crippen molar-refractivity contribution in [1.29, 1.82) is 0 Å². The number of carbonyl (C=O) groups excluding carboxylic acids is 2. The molecule has 0 radical (unpaired) electrons. The van der Waals surface area contributed by atoms with Gasteiger partial charge in [-0.25, -0.2) is 4.79 Å². The summed E-state index contributed by atoms with van der Waals surface area (Å²) in [6.45, 7) is 0.384. The summed E-state index contributed by atoms with van der Waals surface area (Å²) >= 11 is 0. The highest BCUT2D eigenvalue weighted by Gasteiger charge is 2.06. The Morgan fingerprint density at radius 2 is 1.68 bits per heavy atom. The first-order valence-corrected chi connectivity index (χ1v) is 6.81. The fourth-order valence-corrected chi connectivity index (χ4v) is 1.80. The summed E-state index contributed by atoms with van der Waals surface area (Å²) in [5, 5.41) is 2.77. The summed E-state index contributed by atoms with van der Waals surface area (Å²) < 4.78 is 9.96. The molecule has 1 amide bonds. The predicted octanol–water partition coefficient (Wildman–Crippen LogP) is 2.17. The van der Waals surface area contributed by atoms with Crippen LogP contribution in [0.5, 0.6) is 5.75 Å². The largest absolute Gasteiger partial charge is 0.484 e. The SMILES string of the molecule is COC(=O)c1ccc(OCC(=O)NCc2ccccc2)cc1. The Kier molecular flexibility index (Phi) is 5.54. The summed E-state index contributed by atoms with van der Waals surface area (Å²) in [5.41, 5.74) is 1.46. The number of amides is 1. The van der Waals surface area contributed by atoms with Gasteiger partial charge in [0.2, 0.25) is 0 Å². The molecular weight excluding hydrogens is 282 g/mol. The summed E-state index contributed by atoms with van der Waals surface area (Å²) in [4.78, 5) is 23.0. The molecule has 1 N–H and O–H groups in total. The number of ether oxygens (including phenoxy) is 2. The molecule has 0 spiro atoms. The highest BCUT2D eigenvalue weighted by Crippen LogP contribution is 2.12. The van der Waals surface area contributed by atoms with Gasteiger partial charge in [0.1, 0.15) is 5.75 Å². The zero-order valence-electron chi connectivity index (χ0n) is 12.2. The first-order chi connectivity index (χ1) is 10.7. The number of hydrogen-bond acceptors (Lipinski definition) is 4. The van der Waals surface area contributed by atoms with Crippen molar-refractivity contribution in [1.82, 2.24) is 5.32 Å². The maximum absolute atomic E-state index is 11.7. The Morgan fingerprint density at radius 1 is 1.00 bits per heavy atom. The Morgan fingerprint density at radius 3 is 2.32 bits per heavy atom. The smallest absolute Gasteiger partial charge is 0.337 e. The summed E-state index contributed by atoms with van der Waals surface area (Å²) in [7, 11) is 1.32. The molecule has 0 aliphatic carbocycles. The molecule has 2 rings (SSSR count). The van der Waals surface area contributed by atoms with Gasteiger partial charge in [0, 0.05) is 6.54 Å². The van der Waals surface area contributed by atoms with Crippen molar-refractivity contribution >= 4 is 11.9 Å². The molecule has 0 bridgehead atoms. The van der Waals surface area contributed by atoms with E-state index in [2.05, 4.69) is 10.1 Å². The molecule has 0 saturated carbocycles. The highest BCUT2D eigenvalue weighted by molar-refractivity contribution is 5.89. The van der Waals surface area contributed by atoms with Crippen LogP contribution in [0.15, 0.2) is 54.6 Å². The second-order valence-electron chi connectivity index (χ2n) is 4.57. The number of rotatable bonds is 6. The number of hydrogen-bond donors (Lipinski definition) is 1. The molecule has 0 fully saturated rings. The first-order valence-electron chi connectivity index (χ1n) is 6.81. The second-order valence-corrected chi connectivity index (χ2v) is 4.57. The van der Waals surface area contributed by atoms with E-state index >= 15 is 0 Å². The number of nitrogens with one attached hydrogen (secondary N) is 1. The molecule has 2 aromatic carbocycles. The van der Waals surface area contributed by atoms with Gasteiger partial charge in [-0.1, -0.05) is 30.3 Å². The van der Waals surface area contributed by atoms with Gasteiger partial charge in [0.25, 0.3) is 5.91 Å². The van der Waals surface area contributed by atoms with Crippen LogP contribution in [0, 0.1) is 0 Å². The van der Waals surface area contributed by atoms with Crippen molar-refractivity contribution in [2.45, 2.75) is 6.54 Å². The lowest BCUT2D eigenvalue weighted by Crippen LogP contribution is -2.28. The van der Waals surface area contributed by atoms with Gasteiger partial charge in [0.15, 0.2) is 6.61 Å². The molecule has 114 valence electrons. The number of carbonyl (C=O) groups is 2. The molecule has 2 aromatic rings. The number of methoxy groups -OCH3 is 1. The fourth-order valence-electron chi connectivity index (χ4n) is 1.80. The molecule has 0 unspecified atom stereocenters. The monoisotopic (exact) mass is 299 g/mol. The molecule has 5 nitrogen and oxygen atoms in total. The molecule has 0 aromatic heterocycles. The van der Waals surface area contributed by atoms with Crippen LogP contribution in [0.25, 0.3) is 0 Å². The average Bonchev–Trinajstić information content (AvgIpc) is 2.58. The van der Waals surface area contributed by atoms with Crippen LogP contribution >= 0.6 is 0 Å². The second kappa shape index (κ2) is 7.83. The number of benzene rings is 2. The van der Waals surface area contributed by atoms with Gasteiger partial charge in [-0.15, -0.1) is 0 Å². The van der Waals surface area contributed by atoms with Crippen LogP contribution in [-0.2, 0) is 16.1 Å². The van der Waals surface area contributed by atoms with Gasteiger partial charge in [-0.2, -0.15) is 0 Å². The third-order valence-corrected chi connectivity index (χ3v) is 2.98. The van der Waals surface area contributed by atoms with E-state index in [-0.39, 0.29) is 12.5 Å². The minimum Gasteiger partial charge on any atom is -0.484 e. The zero-order chi connectivity index (χ0) is 15.8. The topological polar surface area (TPSA) is 64.6 Å². The lowest BCUT2D eigenvalue weighted by atomic mass is 10.2. The molecular formula is C17H17NO4. The van der Waals surface area contributed by atoms with Crippen molar-refractivity contribution in [3.63, 3.8) is 0 Å². The summed E-state index contributed by atoms with van der Waals surface area (Å²) in [6.07, 6.45) is 0. The summed E-state index contributed by atoms with van der Waals surface area (Å²) in [5.74, 6) is -0.101. The van der Waals surface area contributed by atoms with Gasteiger partial charge < -0.3 is 14.8 Å². The van der Waals surface area contributed by atoms with E-state index < -0.39 is 5.97 Å². The van der Waals surface area contributed by atoms with E-state index in [1.807, 2.05) is 30.3 Å². The lowest BCUT2D eigenvalue weighted by Gasteiger charge is -2.08. The predicted molar refractivity (Wildman–Crippen MR) is 81.6 cm³/mol. The van der Waals surface area contributed by atoms with E-state index in [4.69, 9.17) is 4.74 Å². The van der Waals surface area contributed by atoms with Crippen molar-refractivity contribution in [2.75, 3.05) is 13.7 Å². The molecule has 0 heterocycles.